The molecule has 146 valence electrons. The molecule has 0 amide bonds. The molecule has 1 aliphatic rings. The average Bonchev–Trinajstić information content (AvgIpc) is 2.69. The van der Waals surface area contributed by atoms with Crippen LogP contribution in [-0.2, 0) is 11.2 Å². The van der Waals surface area contributed by atoms with E-state index in [0.29, 0.717) is 12.0 Å². The highest BCUT2D eigenvalue weighted by Crippen LogP contribution is 2.35. The number of rotatable bonds is 6. The highest BCUT2D eigenvalue weighted by atomic mass is 16.5. The number of hydrogen-bond donors (Lipinski definition) is 0. The molecule has 1 aromatic rings. The number of anilines is 1. The quantitative estimate of drug-likeness (QED) is 0.452. The number of allylic oxidation sites excluding steroid dienone is 5. The van der Waals surface area contributed by atoms with E-state index in [1.54, 1.807) is 6.26 Å². The van der Waals surface area contributed by atoms with Crippen molar-refractivity contribution in [2.45, 2.75) is 47.5 Å². The summed E-state index contributed by atoms with van der Waals surface area (Å²) in [5, 5.41) is 9.38. The van der Waals surface area contributed by atoms with Crippen molar-refractivity contribution in [1.82, 2.24) is 0 Å². The molecule has 2 rings (SSSR count). The Bertz CT molecular complexity index is 848. The first-order valence-electron chi connectivity index (χ1n) is 9.78. The van der Waals surface area contributed by atoms with Crippen molar-refractivity contribution < 1.29 is 4.74 Å². The normalized spacial score (nSPS) is 15.5. The second-order valence-electron chi connectivity index (χ2n) is 7.84. The maximum absolute atomic E-state index is 9.38. The molecular weight excluding hydrogens is 346 g/mol. The van der Waals surface area contributed by atoms with Crippen LogP contribution in [0.5, 0.6) is 0 Å². The minimum Gasteiger partial charge on any atom is -0.469 e. The van der Waals surface area contributed by atoms with Gasteiger partial charge in [0.15, 0.2) is 0 Å². The molecule has 0 saturated carbocycles. The fourth-order valence-corrected chi connectivity index (χ4v) is 3.15. The fraction of sp³-hybridized carbons (Fsp3) is 0.417. The maximum atomic E-state index is 9.38. The molecule has 0 saturated heterocycles. The summed E-state index contributed by atoms with van der Waals surface area (Å²) in [7, 11) is 0. The molecule has 4 heteroatoms. The summed E-state index contributed by atoms with van der Waals surface area (Å²) >= 11 is 0. The van der Waals surface area contributed by atoms with Gasteiger partial charge in [0.2, 0.25) is 0 Å². The average molecular weight is 376 g/mol. The van der Waals surface area contributed by atoms with Crippen LogP contribution < -0.4 is 4.90 Å². The van der Waals surface area contributed by atoms with Gasteiger partial charge in [-0.2, -0.15) is 0 Å². The summed E-state index contributed by atoms with van der Waals surface area (Å²) < 4.78 is 5.84. The first-order chi connectivity index (χ1) is 13.3. The highest BCUT2D eigenvalue weighted by Gasteiger charge is 2.24. The summed E-state index contributed by atoms with van der Waals surface area (Å²) in [6, 6.07) is 10.6. The van der Waals surface area contributed by atoms with E-state index in [9.17, 15) is 5.26 Å². The summed E-state index contributed by atoms with van der Waals surface area (Å²) in [5.74, 6) is 0.770. The third kappa shape index (κ3) is 5.05. The van der Waals surface area contributed by atoms with Crippen LogP contribution in [0.15, 0.2) is 59.2 Å². The van der Waals surface area contributed by atoms with E-state index < -0.39 is 0 Å². The second-order valence-corrected chi connectivity index (χ2v) is 7.84. The van der Waals surface area contributed by atoms with E-state index in [-0.39, 0.29) is 11.1 Å². The summed E-state index contributed by atoms with van der Waals surface area (Å²) in [6.07, 6.45) is 5.11. The largest absolute Gasteiger partial charge is 0.469 e. The minimum absolute atomic E-state index is 0.119. The number of nitriles is 1. The van der Waals surface area contributed by atoms with Crippen molar-refractivity contribution in [3.8, 4) is 6.07 Å². The van der Waals surface area contributed by atoms with Crippen LogP contribution in [0.1, 0.15) is 46.6 Å². The lowest BCUT2D eigenvalue weighted by Gasteiger charge is -2.26. The molecule has 0 aliphatic carbocycles. The Balaban J connectivity index is 2.19. The molecule has 0 unspecified atom stereocenters. The van der Waals surface area contributed by atoms with E-state index in [2.05, 4.69) is 68.6 Å². The highest BCUT2D eigenvalue weighted by molar-refractivity contribution is 5.53. The molecule has 1 heterocycles. The zero-order chi connectivity index (χ0) is 20.7. The van der Waals surface area contributed by atoms with Crippen LogP contribution in [0.2, 0.25) is 0 Å². The van der Waals surface area contributed by atoms with E-state index in [1.807, 2.05) is 12.1 Å². The lowest BCUT2D eigenvalue weighted by Crippen LogP contribution is -2.21. The van der Waals surface area contributed by atoms with Crippen LogP contribution in [0.25, 0.3) is 4.85 Å². The van der Waals surface area contributed by atoms with Crippen molar-refractivity contribution in [3.63, 3.8) is 0 Å². The van der Waals surface area contributed by atoms with E-state index in [1.165, 1.54) is 11.3 Å². The molecule has 1 aromatic carbocycles. The van der Waals surface area contributed by atoms with Crippen molar-refractivity contribution in [2.75, 3.05) is 18.0 Å². The van der Waals surface area contributed by atoms with Crippen molar-refractivity contribution in [1.29, 1.82) is 5.26 Å². The molecular formula is C24H29N3O. The molecule has 0 N–H and O–H groups in total. The van der Waals surface area contributed by atoms with Gasteiger partial charge in [-0.1, -0.05) is 32.9 Å². The number of nitrogens with zero attached hydrogens (tertiary/aromatic N) is 3. The zero-order valence-electron chi connectivity index (χ0n) is 17.5. The van der Waals surface area contributed by atoms with Crippen molar-refractivity contribution in [3.05, 3.63) is 76.2 Å². The molecule has 1 aliphatic heterocycles. The Kier molecular flexibility index (Phi) is 7.07. The minimum atomic E-state index is -0.184. The lowest BCUT2D eigenvalue weighted by atomic mass is 9.88. The third-order valence-corrected chi connectivity index (χ3v) is 4.91. The summed E-state index contributed by atoms with van der Waals surface area (Å²) in [5.41, 5.74) is 3.97. The third-order valence-electron chi connectivity index (χ3n) is 4.91. The Morgan fingerprint density at radius 3 is 2.29 bits per heavy atom. The SMILES string of the molecule is [C-]#[N+]C(C#N)=C1C=C(C(C)(C)C)OC=C1CCc1ccc(N(CC)CC)cc1. The molecule has 0 atom stereocenters. The predicted octanol–water partition coefficient (Wildman–Crippen LogP) is 6.01. The van der Waals surface area contributed by atoms with E-state index >= 15 is 0 Å². The molecule has 0 bridgehead atoms. The van der Waals surface area contributed by atoms with Crippen molar-refractivity contribution >= 4 is 5.69 Å². The smallest absolute Gasteiger partial charge is 0.269 e. The molecule has 0 aromatic heterocycles. The number of aryl methyl sites for hydroxylation is 1. The standard InChI is InChI=1S/C24H29N3O/c1-7-27(8-2)20-13-10-18(11-14-20)9-12-19-17-28-23(24(3,4)5)15-21(19)22(16-25)26-6/h10-11,13-15,17H,7-9,12H2,1-5H3. The van der Waals surface area contributed by atoms with Gasteiger partial charge in [-0.15, -0.1) is 0 Å². The van der Waals surface area contributed by atoms with Crippen LogP contribution in [0, 0.1) is 23.3 Å². The van der Waals surface area contributed by atoms with Gasteiger partial charge in [0.1, 0.15) is 5.76 Å². The Morgan fingerprint density at radius 1 is 1.14 bits per heavy atom. The zero-order valence-corrected chi connectivity index (χ0v) is 17.5. The van der Waals surface area contributed by atoms with Gasteiger partial charge in [-0.25, -0.2) is 10.1 Å². The monoisotopic (exact) mass is 375 g/mol. The first-order valence-corrected chi connectivity index (χ1v) is 9.78. The van der Waals surface area contributed by atoms with E-state index in [0.717, 1.165) is 30.8 Å². The maximum Gasteiger partial charge on any atom is 0.269 e. The summed E-state index contributed by atoms with van der Waals surface area (Å²) in [6.45, 7) is 19.8. The van der Waals surface area contributed by atoms with Crippen LogP contribution >= 0.6 is 0 Å². The molecule has 4 nitrogen and oxygen atoms in total. The van der Waals surface area contributed by atoms with Gasteiger partial charge in [-0.05, 0) is 56.0 Å². The van der Waals surface area contributed by atoms with Crippen LogP contribution in [0.3, 0.4) is 0 Å². The molecule has 0 spiro atoms. The second kappa shape index (κ2) is 9.29. The van der Waals surface area contributed by atoms with E-state index in [4.69, 9.17) is 11.3 Å². The lowest BCUT2D eigenvalue weighted by molar-refractivity contribution is 0.239. The molecule has 28 heavy (non-hydrogen) atoms. The summed E-state index contributed by atoms with van der Waals surface area (Å²) in [4.78, 5) is 5.74. The van der Waals surface area contributed by atoms with Gasteiger partial charge in [0, 0.05) is 29.8 Å². The van der Waals surface area contributed by atoms with Gasteiger partial charge in [0.05, 0.1) is 18.9 Å². The van der Waals surface area contributed by atoms with Gasteiger partial charge >= 0.3 is 0 Å². The van der Waals surface area contributed by atoms with Crippen LogP contribution in [-0.4, -0.2) is 13.1 Å². The van der Waals surface area contributed by atoms with Gasteiger partial charge in [0.25, 0.3) is 5.70 Å². The number of ether oxygens (including phenoxy) is 1. The number of benzene rings is 1. The fourth-order valence-electron chi connectivity index (χ4n) is 3.15. The number of hydrogen-bond acceptors (Lipinski definition) is 3. The Morgan fingerprint density at radius 2 is 1.79 bits per heavy atom. The Labute approximate surface area is 169 Å². The van der Waals surface area contributed by atoms with Gasteiger partial charge in [-0.3, -0.25) is 0 Å². The Hall–Kier alpha value is -2.98. The predicted molar refractivity (Wildman–Crippen MR) is 114 cm³/mol. The molecule has 0 radical (unpaired) electrons. The first kappa shape index (κ1) is 21.3. The molecule has 0 fully saturated rings. The topological polar surface area (TPSA) is 40.6 Å². The van der Waals surface area contributed by atoms with Crippen LogP contribution in [0.4, 0.5) is 5.69 Å². The van der Waals surface area contributed by atoms with Crippen molar-refractivity contribution in [2.24, 2.45) is 5.41 Å². The van der Waals surface area contributed by atoms with Gasteiger partial charge < -0.3 is 9.64 Å².